The van der Waals surface area contributed by atoms with Gasteiger partial charge in [0.15, 0.2) is 0 Å². The monoisotopic (exact) mass is 443 g/mol. The highest BCUT2D eigenvalue weighted by molar-refractivity contribution is 7.99. The lowest BCUT2D eigenvalue weighted by Gasteiger charge is -2.44. The van der Waals surface area contributed by atoms with Gasteiger partial charge in [0.25, 0.3) is 9.84 Å². The predicted molar refractivity (Wildman–Crippen MR) is 103 cm³/mol. The Kier molecular flexibility index (Phi) is 5.00. The first-order valence-electron chi connectivity index (χ1n) is 9.19. The third-order valence-electron chi connectivity index (χ3n) is 5.80. The van der Waals surface area contributed by atoms with Gasteiger partial charge in [-0.15, -0.1) is 0 Å². The summed E-state index contributed by atoms with van der Waals surface area (Å²) in [5, 5.41) is 12.0. The smallest absolute Gasteiger partial charge is 0.380 e. The van der Waals surface area contributed by atoms with Gasteiger partial charge in [-0.3, -0.25) is 0 Å². The topological polar surface area (TPSA) is 57.6 Å². The number of likely N-dealkylation sites (tertiary alicyclic amines) is 1. The van der Waals surface area contributed by atoms with Crippen molar-refractivity contribution in [1.29, 1.82) is 0 Å². The zero-order chi connectivity index (χ0) is 21.0. The van der Waals surface area contributed by atoms with Gasteiger partial charge >= 0.3 is 5.51 Å². The van der Waals surface area contributed by atoms with E-state index >= 15 is 0 Å². The summed E-state index contributed by atoms with van der Waals surface area (Å²) in [7, 11) is -3.53. The van der Waals surface area contributed by atoms with Crippen LogP contribution in [0, 0.1) is 5.92 Å². The lowest BCUT2D eigenvalue weighted by atomic mass is 9.71. The Hall–Kier alpha value is -1.55. The van der Waals surface area contributed by atoms with Crippen LogP contribution in [0.4, 0.5) is 13.2 Å². The largest absolute Gasteiger partial charge is 0.501 e. The highest BCUT2D eigenvalue weighted by atomic mass is 32.2. The summed E-state index contributed by atoms with van der Waals surface area (Å²) in [5.74, 6) is -0.233. The standard InChI is InChI=1S/C20H20F3NO3S2/c1-24-10-8-13(9-11-24)19(25)15-4-2-3-5-17(15)28-18-7-6-14(12-16(18)19)29(26,27)20(21,22)23/h2-7,12-13,25H,8-11H2,1H3. The summed E-state index contributed by atoms with van der Waals surface area (Å²) < 4.78 is 63.3. The number of aliphatic hydroxyl groups is 1. The number of alkyl halides is 3. The summed E-state index contributed by atoms with van der Waals surface area (Å²) in [5.41, 5.74) is -6.09. The van der Waals surface area contributed by atoms with E-state index in [-0.39, 0.29) is 11.5 Å². The average Bonchev–Trinajstić information content (AvgIpc) is 2.67. The lowest BCUT2D eigenvalue weighted by molar-refractivity contribution is -0.0437. The maximum atomic E-state index is 13.1. The van der Waals surface area contributed by atoms with Crippen molar-refractivity contribution in [3.05, 3.63) is 53.6 Å². The first-order valence-corrected chi connectivity index (χ1v) is 11.5. The molecule has 29 heavy (non-hydrogen) atoms. The highest BCUT2D eigenvalue weighted by Crippen LogP contribution is 2.53. The summed E-state index contributed by atoms with van der Waals surface area (Å²) in [6, 6.07) is 10.6. The third-order valence-corrected chi connectivity index (χ3v) is 8.44. The van der Waals surface area contributed by atoms with E-state index in [1.165, 1.54) is 17.8 Å². The molecule has 2 aliphatic rings. The van der Waals surface area contributed by atoms with Crippen LogP contribution >= 0.6 is 11.8 Å². The third kappa shape index (κ3) is 3.28. The van der Waals surface area contributed by atoms with E-state index in [4.69, 9.17) is 0 Å². The van der Waals surface area contributed by atoms with E-state index in [2.05, 4.69) is 4.90 Å². The van der Waals surface area contributed by atoms with Crippen LogP contribution in [0.3, 0.4) is 0 Å². The number of nitrogens with zero attached hydrogens (tertiary/aromatic N) is 1. The number of piperidine rings is 1. The molecule has 2 aliphatic heterocycles. The van der Waals surface area contributed by atoms with Crippen LogP contribution in [0.25, 0.3) is 0 Å². The molecule has 1 saturated heterocycles. The minimum Gasteiger partial charge on any atom is -0.380 e. The van der Waals surface area contributed by atoms with Crippen molar-refractivity contribution in [3.8, 4) is 0 Å². The maximum absolute atomic E-state index is 13.1. The molecule has 2 aromatic carbocycles. The first-order chi connectivity index (χ1) is 13.5. The van der Waals surface area contributed by atoms with Crippen molar-refractivity contribution in [1.82, 2.24) is 4.90 Å². The van der Waals surface area contributed by atoms with Crippen molar-refractivity contribution < 1.29 is 26.7 Å². The molecule has 156 valence electrons. The molecule has 0 aliphatic carbocycles. The van der Waals surface area contributed by atoms with Crippen LogP contribution in [0.2, 0.25) is 0 Å². The van der Waals surface area contributed by atoms with Gasteiger partial charge in [0.2, 0.25) is 0 Å². The number of benzene rings is 2. The fraction of sp³-hybridized carbons (Fsp3) is 0.400. The van der Waals surface area contributed by atoms with Gasteiger partial charge in [-0.05, 0) is 63.2 Å². The van der Waals surface area contributed by atoms with Crippen LogP contribution in [-0.2, 0) is 15.4 Å². The molecule has 0 bridgehead atoms. The molecule has 2 aromatic rings. The van der Waals surface area contributed by atoms with Crippen LogP contribution in [0.15, 0.2) is 57.2 Å². The van der Waals surface area contributed by atoms with E-state index in [1.807, 2.05) is 19.2 Å². The number of fused-ring (bicyclic) bond motifs is 2. The van der Waals surface area contributed by atoms with Crippen LogP contribution in [0.5, 0.6) is 0 Å². The molecule has 4 rings (SSSR count). The maximum Gasteiger partial charge on any atom is 0.501 e. The molecule has 0 amide bonds. The van der Waals surface area contributed by atoms with Gasteiger partial charge in [0, 0.05) is 20.9 Å². The van der Waals surface area contributed by atoms with Crippen molar-refractivity contribution in [3.63, 3.8) is 0 Å². The molecule has 2 heterocycles. The van der Waals surface area contributed by atoms with Crippen LogP contribution in [0.1, 0.15) is 24.0 Å². The Morgan fingerprint density at radius 3 is 2.34 bits per heavy atom. The number of hydrogen-bond acceptors (Lipinski definition) is 5. The van der Waals surface area contributed by atoms with Gasteiger partial charge in [-0.1, -0.05) is 30.0 Å². The van der Waals surface area contributed by atoms with E-state index in [0.29, 0.717) is 23.3 Å². The average molecular weight is 444 g/mol. The Morgan fingerprint density at radius 1 is 1.07 bits per heavy atom. The Bertz CT molecular complexity index is 1050. The predicted octanol–water partition coefficient (Wildman–Crippen LogP) is 4.02. The summed E-state index contributed by atoms with van der Waals surface area (Å²) >= 11 is 1.33. The number of hydrogen-bond donors (Lipinski definition) is 1. The van der Waals surface area contributed by atoms with Crippen LogP contribution < -0.4 is 0 Å². The van der Waals surface area contributed by atoms with E-state index in [1.54, 1.807) is 12.1 Å². The fourth-order valence-corrected chi connectivity index (χ4v) is 6.16. The molecule has 1 unspecified atom stereocenters. The van der Waals surface area contributed by atoms with E-state index < -0.39 is 25.8 Å². The minimum absolute atomic E-state index is 0.233. The summed E-state index contributed by atoms with van der Waals surface area (Å²) in [6.07, 6.45) is 1.31. The zero-order valence-electron chi connectivity index (χ0n) is 15.6. The van der Waals surface area contributed by atoms with E-state index in [0.717, 1.165) is 30.1 Å². The SMILES string of the molecule is CN1CCC(C2(O)c3ccccc3Sc3ccc(S(=O)(=O)C(F)(F)F)cc32)CC1. The molecule has 4 nitrogen and oxygen atoms in total. The van der Waals surface area contributed by atoms with Crippen molar-refractivity contribution >= 4 is 21.6 Å². The first kappa shape index (κ1) is 20.7. The fourth-order valence-electron chi connectivity index (χ4n) is 4.20. The Balaban J connectivity index is 1.91. The van der Waals surface area contributed by atoms with Crippen molar-refractivity contribution in [2.24, 2.45) is 5.92 Å². The van der Waals surface area contributed by atoms with Crippen LogP contribution in [-0.4, -0.2) is 44.1 Å². The highest BCUT2D eigenvalue weighted by Gasteiger charge is 2.50. The summed E-state index contributed by atoms with van der Waals surface area (Å²) in [6.45, 7) is 1.50. The molecule has 9 heteroatoms. The molecule has 1 atom stereocenters. The molecule has 1 N–H and O–H groups in total. The van der Waals surface area contributed by atoms with Gasteiger partial charge in [0.1, 0.15) is 5.60 Å². The van der Waals surface area contributed by atoms with E-state index in [9.17, 15) is 26.7 Å². The van der Waals surface area contributed by atoms with Gasteiger partial charge in [-0.2, -0.15) is 13.2 Å². The van der Waals surface area contributed by atoms with Gasteiger partial charge in [-0.25, -0.2) is 8.42 Å². The molecule has 0 radical (unpaired) electrons. The van der Waals surface area contributed by atoms with Crippen molar-refractivity contribution in [2.45, 2.75) is 38.6 Å². The number of halogens is 3. The Labute approximate surface area is 171 Å². The molecular formula is C20H20F3NO3S2. The quantitative estimate of drug-likeness (QED) is 0.760. The van der Waals surface area contributed by atoms with Crippen molar-refractivity contribution in [2.75, 3.05) is 20.1 Å². The zero-order valence-corrected chi connectivity index (χ0v) is 17.2. The molecular weight excluding hydrogens is 423 g/mol. The Morgan fingerprint density at radius 2 is 1.69 bits per heavy atom. The summed E-state index contributed by atoms with van der Waals surface area (Å²) in [4.78, 5) is 2.70. The second-order valence-electron chi connectivity index (χ2n) is 7.55. The lowest BCUT2D eigenvalue weighted by Crippen LogP contribution is -2.44. The van der Waals surface area contributed by atoms with Gasteiger partial charge < -0.3 is 10.0 Å². The molecule has 1 fully saturated rings. The normalized spacial score (nSPS) is 23.5. The molecule has 0 saturated carbocycles. The molecule has 0 aromatic heterocycles. The number of sulfone groups is 1. The van der Waals surface area contributed by atoms with Gasteiger partial charge in [0.05, 0.1) is 4.90 Å². The second-order valence-corrected chi connectivity index (χ2v) is 10.6. The number of rotatable bonds is 2. The minimum atomic E-state index is -5.51. The second kappa shape index (κ2) is 7.01. The molecule has 0 spiro atoms.